The highest BCUT2D eigenvalue weighted by molar-refractivity contribution is 14.1. The van der Waals surface area contributed by atoms with Gasteiger partial charge in [0.25, 0.3) is 0 Å². The molecule has 0 aromatic rings. The van der Waals surface area contributed by atoms with Crippen LogP contribution in [0.15, 0.2) is 0 Å². The topological polar surface area (TPSA) is 26.0 Å². The quantitative estimate of drug-likeness (QED) is 0.582. The van der Waals surface area contributed by atoms with Crippen LogP contribution in [0.1, 0.15) is 39.5 Å². The van der Waals surface area contributed by atoms with E-state index in [1.807, 2.05) is 0 Å². The SMILES string of the molecule is CC(C)CCCC(I)CCN. The molecular weight excluding hydrogens is 249 g/mol. The Balaban J connectivity index is 3.10. The molecule has 0 saturated carbocycles. The first-order valence-corrected chi connectivity index (χ1v) is 5.75. The van der Waals surface area contributed by atoms with E-state index in [2.05, 4.69) is 36.4 Å². The Bertz CT molecular complexity index is 83.6. The minimum atomic E-state index is 0.802. The Labute approximate surface area is 84.3 Å². The lowest BCUT2D eigenvalue weighted by Gasteiger charge is -2.08. The van der Waals surface area contributed by atoms with E-state index in [1.54, 1.807) is 0 Å². The van der Waals surface area contributed by atoms with Crippen LogP contribution in [0.4, 0.5) is 0 Å². The van der Waals surface area contributed by atoms with Crippen molar-refractivity contribution in [2.45, 2.75) is 43.5 Å². The highest BCUT2D eigenvalue weighted by Crippen LogP contribution is 2.15. The van der Waals surface area contributed by atoms with Crippen molar-refractivity contribution in [1.29, 1.82) is 0 Å². The Morgan fingerprint density at radius 3 is 2.27 bits per heavy atom. The van der Waals surface area contributed by atoms with Crippen LogP contribution in [0.2, 0.25) is 0 Å². The van der Waals surface area contributed by atoms with Crippen LogP contribution >= 0.6 is 22.6 Å². The first kappa shape index (κ1) is 11.7. The normalized spacial score (nSPS) is 13.9. The average molecular weight is 269 g/mol. The summed E-state index contributed by atoms with van der Waals surface area (Å²) in [6, 6.07) is 0. The molecule has 0 heterocycles. The molecule has 0 aromatic heterocycles. The molecule has 1 nitrogen and oxygen atoms in total. The van der Waals surface area contributed by atoms with Crippen molar-refractivity contribution in [2.24, 2.45) is 11.7 Å². The minimum Gasteiger partial charge on any atom is -0.330 e. The Morgan fingerprint density at radius 1 is 1.18 bits per heavy atom. The van der Waals surface area contributed by atoms with Gasteiger partial charge in [-0.3, -0.25) is 0 Å². The zero-order valence-electron chi connectivity index (χ0n) is 7.65. The maximum atomic E-state index is 5.46. The molecule has 0 aromatic carbocycles. The number of rotatable bonds is 6. The van der Waals surface area contributed by atoms with E-state index >= 15 is 0 Å². The van der Waals surface area contributed by atoms with Gasteiger partial charge in [0.05, 0.1) is 0 Å². The molecule has 0 aliphatic heterocycles. The van der Waals surface area contributed by atoms with Gasteiger partial charge in [0, 0.05) is 3.92 Å². The molecule has 0 aliphatic carbocycles. The second kappa shape index (κ2) is 7.35. The van der Waals surface area contributed by atoms with Crippen LogP contribution in [0, 0.1) is 5.92 Å². The Kier molecular flexibility index (Phi) is 7.81. The summed E-state index contributed by atoms with van der Waals surface area (Å²) in [4.78, 5) is 0. The molecule has 1 unspecified atom stereocenters. The van der Waals surface area contributed by atoms with Crippen LogP contribution in [0.25, 0.3) is 0 Å². The highest BCUT2D eigenvalue weighted by Gasteiger charge is 2.02. The summed E-state index contributed by atoms with van der Waals surface area (Å²) in [6.07, 6.45) is 5.25. The lowest BCUT2D eigenvalue weighted by atomic mass is 10.0. The van der Waals surface area contributed by atoms with Crippen molar-refractivity contribution in [3.05, 3.63) is 0 Å². The predicted octanol–water partition coefficient (Wildman–Crippen LogP) is 2.97. The summed E-state index contributed by atoms with van der Waals surface area (Å²) in [5.41, 5.74) is 5.46. The third-order valence-electron chi connectivity index (χ3n) is 1.78. The molecule has 1 atom stereocenters. The number of hydrogen-bond acceptors (Lipinski definition) is 1. The summed E-state index contributed by atoms with van der Waals surface area (Å²) in [7, 11) is 0. The van der Waals surface area contributed by atoms with Crippen molar-refractivity contribution >= 4 is 22.6 Å². The summed E-state index contributed by atoms with van der Waals surface area (Å²) in [5, 5.41) is 0. The molecule has 0 fully saturated rings. The fourth-order valence-corrected chi connectivity index (χ4v) is 1.87. The maximum absolute atomic E-state index is 5.46. The number of alkyl halides is 1. The first-order valence-electron chi connectivity index (χ1n) is 4.51. The molecule has 2 N–H and O–H groups in total. The minimum absolute atomic E-state index is 0.802. The molecular formula is C9H20IN. The third-order valence-corrected chi connectivity index (χ3v) is 3.02. The smallest absolute Gasteiger partial charge is 0.0122 e. The van der Waals surface area contributed by atoms with E-state index in [9.17, 15) is 0 Å². The van der Waals surface area contributed by atoms with E-state index in [4.69, 9.17) is 5.73 Å². The van der Waals surface area contributed by atoms with E-state index in [-0.39, 0.29) is 0 Å². The van der Waals surface area contributed by atoms with Gasteiger partial charge in [0.1, 0.15) is 0 Å². The average Bonchev–Trinajstić information content (AvgIpc) is 1.87. The zero-order chi connectivity index (χ0) is 8.69. The van der Waals surface area contributed by atoms with E-state index < -0.39 is 0 Å². The van der Waals surface area contributed by atoms with Gasteiger partial charge in [-0.15, -0.1) is 0 Å². The molecule has 0 amide bonds. The number of halogens is 1. The van der Waals surface area contributed by atoms with Crippen molar-refractivity contribution in [3.8, 4) is 0 Å². The Hall–Kier alpha value is 0.690. The predicted molar refractivity (Wildman–Crippen MR) is 60.2 cm³/mol. The lowest BCUT2D eigenvalue weighted by molar-refractivity contribution is 0.531. The van der Waals surface area contributed by atoms with Crippen LogP contribution in [0.3, 0.4) is 0 Å². The van der Waals surface area contributed by atoms with Gasteiger partial charge in [0.15, 0.2) is 0 Å². The summed E-state index contributed by atoms with van der Waals surface area (Å²) >= 11 is 2.51. The molecule has 68 valence electrons. The van der Waals surface area contributed by atoms with Gasteiger partial charge in [-0.05, 0) is 25.3 Å². The monoisotopic (exact) mass is 269 g/mol. The molecule has 0 saturated heterocycles. The highest BCUT2D eigenvalue weighted by atomic mass is 127. The van der Waals surface area contributed by atoms with Gasteiger partial charge in [-0.25, -0.2) is 0 Å². The second-order valence-electron chi connectivity index (χ2n) is 3.50. The summed E-state index contributed by atoms with van der Waals surface area (Å²) < 4.78 is 0.802. The van der Waals surface area contributed by atoms with Gasteiger partial charge in [-0.2, -0.15) is 0 Å². The van der Waals surface area contributed by atoms with Crippen LogP contribution < -0.4 is 5.73 Å². The van der Waals surface area contributed by atoms with Gasteiger partial charge < -0.3 is 5.73 Å². The van der Waals surface area contributed by atoms with Gasteiger partial charge in [0.2, 0.25) is 0 Å². The van der Waals surface area contributed by atoms with E-state index in [0.29, 0.717) is 0 Å². The van der Waals surface area contributed by atoms with Crippen molar-refractivity contribution < 1.29 is 0 Å². The third kappa shape index (κ3) is 8.60. The molecule has 0 radical (unpaired) electrons. The molecule has 2 heteroatoms. The standard InChI is InChI=1S/C9H20IN/c1-8(2)4-3-5-9(10)6-7-11/h8-9H,3-7,11H2,1-2H3. The summed E-state index contributed by atoms with van der Waals surface area (Å²) in [6.45, 7) is 5.41. The van der Waals surface area contributed by atoms with Gasteiger partial charge in [-0.1, -0.05) is 49.3 Å². The molecule has 0 bridgehead atoms. The van der Waals surface area contributed by atoms with E-state index in [0.717, 1.165) is 16.4 Å². The van der Waals surface area contributed by atoms with Gasteiger partial charge >= 0.3 is 0 Å². The molecule has 0 rings (SSSR count). The fraction of sp³-hybridized carbons (Fsp3) is 1.00. The molecule has 0 aliphatic rings. The van der Waals surface area contributed by atoms with Crippen molar-refractivity contribution in [1.82, 2.24) is 0 Å². The molecule has 0 spiro atoms. The number of nitrogens with two attached hydrogens (primary N) is 1. The van der Waals surface area contributed by atoms with Crippen LogP contribution in [-0.4, -0.2) is 10.5 Å². The second-order valence-corrected chi connectivity index (χ2v) is 5.26. The van der Waals surface area contributed by atoms with Crippen LogP contribution in [0.5, 0.6) is 0 Å². The zero-order valence-corrected chi connectivity index (χ0v) is 9.80. The summed E-state index contributed by atoms with van der Waals surface area (Å²) in [5.74, 6) is 0.858. The molecule has 11 heavy (non-hydrogen) atoms. The Morgan fingerprint density at radius 2 is 1.82 bits per heavy atom. The van der Waals surface area contributed by atoms with E-state index in [1.165, 1.54) is 25.7 Å². The van der Waals surface area contributed by atoms with Crippen LogP contribution in [-0.2, 0) is 0 Å². The largest absolute Gasteiger partial charge is 0.330 e. The maximum Gasteiger partial charge on any atom is 0.0122 e. The van der Waals surface area contributed by atoms with Crippen molar-refractivity contribution in [3.63, 3.8) is 0 Å². The van der Waals surface area contributed by atoms with Crippen molar-refractivity contribution in [2.75, 3.05) is 6.54 Å². The first-order chi connectivity index (χ1) is 5.16. The lowest BCUT2D eigenvalue weighted by Crippen LogP contribution is -2.07. The number of hydrogen-bond donors (Lipinski definition) is 1. The fourth-order valence-electron chi connectivity index (χ4n) is 1.07.